The van der Waals surface area contributed by atoms with Crippen LogP contribution in [0.25, 0.3) is 5.69 Å². The Kier molecular flexibility index (Phi) is 5.38. The molecule has 5 nitrogen and oxygen atoms in total. The number of aromatic nitrogens is 3. The SMILES string of the molecule is Cc1cc(C(=O)NCCCn2ccnc2)c(C)n1-c1ccc(Br)cc1. The third-order valence-electron chi connectivity index (χ3n) is 4.20. The fourth-order valence-corrected chi connectivity index (χ4v) is 3.22. The van der Waals surface area contributed by atoms with E-state index in [1.54, 1.807) is 12.5 Å². The van der Waals surface area contributed by atoms with Gasteiger partial charge in [-0.3, -0.25) is 4.79 Å². The normalized spacial score (nSPS) is 10.8. The van der Waals surface area contributed by atoms with E-state index in [9.17, 15) is 4.79 Å². The van der Waals surface area contributed by atoms with Crippen molar-refractivity contribution in [2.75, 3.05) is 6.54 Å². The quantitative estimate of drug-likeness (QED) is 0.638. The molecule has 1 amide bonds. The summed E-state index contributed by atoms with van der Waals surface area (Å²) in [6.45, 7) is 5.48. The Morgan fingerprint density at radius 3 is 2.68 bits per heavy atom. The molecule has 0 fully saturated rings. The number of benzene rings is 1. The van der Waals surface area contributed by atoms with Gasteiger partial charge in [0.2, 0.25) is 0 Å². The minimum Gasteiger partial charge on any atom is -0.352 e. The molecule has 0 saturated heterocycles. The fourth-order valence-electron chi connectivity index (χ4n) is 2.96. The highest BCUT2D eigenvalue weighted by molar-refractivity contribution is 9.10. The Morgan fingerprint density at radius 2 is 2.00 bits per heavy atom. The Morgan fingerprint density at radius 1 is 1.24 bits per heavy atom. The summed E-state index contributed by atoms with van der Waals surface area (Å²) in [5.41, 5.74) is 3.77. The molecular weight excluding hydrogens is 380 g/mol. The van der Waals surface area contributed by atoms with Crippen molar-refractivity contribution < 1.29 is 4.79 Å². The van der Waals surface area contributed by atoms with Gasteiger partial charge in [0.15, 0.2) is 0 Å². The first-order chi connectivity index (χ1) is 12.1. The second-order valence-corrected chi connectivity index (χ2v) is 6.92. The number of carbonyl (C=O) groups excluding carboxylic acids is 1. The maximum Gasteiger partial charge on any atom is 0.253 e. The van der Waals surface area contributed by atoms with E-state index in [0.29, 0.717) is 6.54 Å². The van der Waals surface area contributed by atoms with Crippen LogP contribution in [0.4, 0.5) is 0 Å². The minimum atomic E-state index is -0.0258. The summed E-state index contributed by atoms with van der Waals surface area (Å²) in [7, 11) is 0. The monoisotopic (exact) mass is 400 g/mol. The summed E-state index contributed by atoms with van der Waals surface area (Å²) in [6.07, 6.45) is 6.34. The minimum absolute atomic E-state index is 0.0258. The van der Waals surface area contributed by atoms with Crippen LogP contribution in [0.3, 0.4) is 0 Å². The average Bonchev–Trinajstić information content (AvgIpc) is 3.21. The number of carbonyl (C=O) groups is 1. The van der Waals surface area contributed by atoms with Crippen molar-refractivity contribution >= 4 is 21.8 Å². The van der Waals surface area contributed by atoms with Gasteiger partial charge >= 0.3 is 0 Å². The first kappa shape index (κ1) is 17.5. The van der Waals surface area contributed by atoms with Crippen LogP contribution in [0, 0.1) is 13.8 Å². The van der Waals surface area contributed by atoms with Crippen molar-refractivity contribution in [1.82, 2.24) is 19.4 Å². The molecule has 0 saturated carbocycles. The number of halogens is 1. The van der Waals surface area contributed by atoms with E-state index in [1.165, 1.54) is 0 Å². The van der Waals surface area contributed by atoms with E-state index >= 15 is 0 Å². The van der Waals surface area contributed by atoms with Crippen LogP contribution in [-0.4, -0.2) is 26.6 Å². The highest BCUT2D eigenvalue weighted by Crippen LogP contribution is 2.22. The molecule has 25 heavy (non-hydrogen) atoms. The van der Waals surface area contributed by atoms with Crippen molar-refractivity contribution in [2.45, 2.75) is 26.8 Å². The molecule has 1 aromatic carbocycles. The van der Waals surface area contributed by atoms with Gasteiger partial charge in [0.1, 0.15) is 0 Å². The maximum absolute atomic E-state index is 12.5. The average molecular weight is 401 g/mol. The molecule has 6 heteroatoms. The summed E-state index contributed by atoms with van der Waals surface area (Å²) in [6, 6.07) is 10.0. The van der Waals surface area contributed by atoms with Crippen LogP contribution < -0.4 is 5.32 Å². The van der Waals surface area contributed by atoms with Gasteiger partial charge in [-0.2, -0.15) is 0 Å². The highest BCUT2D eigenvalue weighted by Gasteiger charge is 2.16. The zero-order valence-electron chi connectivity index (χ0n) is 14.4. The van der Waals surface area contributed by atoms with Crippen LogP contribution in [0.2, 0.25) is 0 Å². The lowest BCUT2D eigenvalue weighted by Gasteiger charge is -2.10. The molecule has 130 valence electrons. The van der Waals surface area contributed by atoms with Crippen LogP contribution in [0.5, 0.6) is 0 Å². The molecule has 0 atom stereocenters. The zero-order valence-corrected chi connectivity index (χ0v) is 16.0. The van der Waals surface area contributed by atoms with Gasteiger partial charge in [-0.15, -0.1) is 0 Å². The maximum atomic E-state index is 12.5. The highest BCUT2D eigenvalue weighted by atomic mass is 79.9. The molecule has 0 aliphatic rings. The van der Waals surface area contributed by atoms with E-state index in [-0.39, 0.29) is 5.91 Å². The van der Waals surface area contributed by atoms with Crippen LogP contribution in [-0.2, 0) is 6.54 Å². The largest absolute Gasteiger partial charge is 0.352 e. The predicted molar refractivity (Wildman–Crippen MR) is 102 cm³/mol. The lowest BCUT2D eigenvalue weighted by atomic mass is 10.2. The van der Waals surface area contributed by atoms with Crippen molar-refractivity contribution in [3.05, 3.63) is 70.5 Å². The molecule has 0 aliphatic carbocycles. The molecule has 1 N–H and O–H groups in total. The van der Waals surface area contributed by atoms with E-state index in [2.05, 4.69) is 30.8 Å². The summed E-state index contributed by atoms with van der Waals surface area (Å²) < 4.78 is 5.15. The Labute approximate surface area is 155 Å². The van der Waals surface area contributed by atoms with Gasteiger partial charge in [-0.25, -0.2) is 4.98 Å². The predicted octanol–water partition coefficient (Wildman–Crippen LogP) is 3.87. The van der Waals surface area contributed by atoms with Crippen molar-refractivity contribution in [1.29, 1.82) is 0 Å². The van der Waals surface area contributed by atoms with E-state index in [0.717, 1.165) is 40.1 Å². The molecule has 0 spiro atoms. The number of rotatable bonds is 6. The van der Waals surface area contributed by atoms with Gasteiger partial charge in [0, 0.05) is 47.0 Å². The van der Waals surface area contributed by atoms with Gasteiger partial charge < -0.3 is 14.5 Å². The molecule has 2 heterocycles. The Bertz CT molecular complexity index is 850. The van der Waals surface area contributed by atoms with Crippen molar-refractivity contribution in [2.24, 2.45) is 0 Å². The van der Waals surface area contributed by atoms with Crippen molar-refractivity contribution in [3.8, 4) is 5.69 Å². The fraction of sp³-hybridized carbons (Fsp3) is 0.263. The second-order valence-electron chi connectivity index (χ2n) is 6.01. The van der Waals surface area contributed by atoms with E-state index in [1.807, 2.05) is 54.9 Å². The number of aryl methyl sites for hydroxylation is 2. The lowest BCUT2D eigenvalue weighted by Crippen LogP contribution is -2.25. The van der Waals surface area contributed by atoms with Gasteiger partial charge in [0.05, 0.1) is 11.9 Å². The Balaban J connectivity index is 1.66. The summed E-state index contributed by atoms with van der Waals surface area (Å²) >= 11 is 3.45. The van der Waals surface area contributed by atoms with E-state index < -0.39 is 0 Å². The molecule has 0 bridgehead atoms. The third-order valence-corrected chi connectivity index (χ3v) is 4.73. The molecule has 3 rings (SSSR count). The summed E-state index contributed by atoms with van der Waals surface area (Å²) in [4.78, 5) is 16.5. The molecule has 2 aromatic heterocycles. The van der Waals surface area contributed by atoms with Gasteiger partial charge in [0.25, 0.3) is 5.91 Å². The van der Waals surface area contributed by atoms with Crippen molar-refractivity contribution in [3.63, 3.8) is 0 Å². The van der Waals surface area contributed by atoms with Gasteiger partial charge in [-0.05, 0) is 50.6 Å². The first-order valence-corrected chi connectivity index (χ1v) is 9.04. The third kappa shape index (κ3) is 4.02. The molecule has 0 aliphatic heterocycles. The Hall–Kier alpha value is -2.34. The molecule has 0 unspecified atom stereocenters. The molecule has 3 aromatic rings. The van der Waals surface area contributed by atoms with Crippen LogP contribution >= 0.6 is 15.9 Å². The number of hydrogen-bond donors (Lipinski definition) is 1. The number of hydrogen-bond acceptors (Lipinski definition) is 2. The summed E-state index contributed by atoms with van der Waals surface area (Å²) in [5, 5.41) is 3.01. The second kappa shape index (κ2) is 7.70. The first-order valence-electron chi connectivity index (χ1n) is 8.25. The number of nitrogens with zero attached hydrogens (tertiary/aromatic N) is 3. The zero-order chi connectivity index (χ0) is 17.8. The number of amides is 1. The summed E-state index contributed by atoms with van der Waals surface area (Å²) in [5.74, 6) is -0.0258. The van der Waals surface area contributed by atoms with E-state index in [4.69, 9.17) is 0 Å². The smallest absolute Gasteiger partial charge is 0.253 e. The topological polar surface area (TPSA) is 51.9 Å². The molecule has 0 radical (unpaired) electrons. The number of imidazole rings is 1. The van der Waals surface area contributed by atoms with Gasteiger partial charge in [-0.1, -0.05) is 15.9 Å². The van der Waals surface area contributed by atoms with Crippen LogP contribution in [0.15, 0.2) is 53.5 Å². The standard InChI is InChI=1S/C19H21BrN4O/c1-14-12-18(15(2)24(14)17-6-4-16(20)5-7-17)19(25)22-8-3-10-23-11-9-21-13-23/h4-7,9,11-13H,3,8,10H2,1-2H3,(H,22,25). The lowest BCUT2D eigenvalue weighted by molar-refractivity contribution is 0.0952. The van der Waals surface area contributed by atoms with Crippen LogP contribution in [0.1, 0.15) is 28.2 Å². The molecular formula is C19H21BrN4O. The number of nitrogens with one attached hydrogen (secondary N) is 1.